The highest BCUT2D eigenvalue weighted by molar-refractivity contribution is 6.34. The van der Waals surface area contributed by atoms with Crippen LogP contribution in [0.3, 0.4) is 0 Å². The first kappa shape index (κ1) is 20.8. The summed E-state index contributed by atoms with van der Waals surface area (Å²) in [6.45, 7) is 0.813. The molecule has 2 aromatic carbocycles. The molecule has 8 heteroatoms. The number of H-pyrrole nitrogens is 2. The summed E-state index contributed by atoms with van der Waals surface area (Å²) >= 11 is 12.4. The fraction of sp³-hybridized carbons (Fsp3) is 0.208. The molecule has 32 heavy (non-hydrogen) atoms. The second-order valence-electron chi connectivity index (χ2n) is 7.86. The molecular formula is C24H22Cl2N6. The van der Waals surface area contributed by atoms with Gasteiger partial charge in [0.25, 0.3) is 0 Å². The molecule has 0 saturated heterocycles. The fourth-order valence-electron chi connectivity index (χ4n) is 4.08. The number of nitrogens with zero attached hydrogens (tertiary/aromatic N) is 4. The first-order valence-electron chi connectivity index (χ1n) is 10.5. The number of imidazole rings is 1. The number of aromatic nitrogens is 6. The molecule has 0 atom stereocenters. The lowest BCUT2D eigenvalue weighted by Gasteiger charge is -2.11. The van der Waals surface area contributed by atoms with Crippen molar-refractivity contribution in [2.45, 2.75) is 32.2 Å². The molecule has 6 nitrogen and oxygen atoms in total. The van der Waals surface area contributed by atoms with Gasteiger partial charge in [-0.15, -0.1) is 10.2 Å². The van der Waals surface area contributed by atoms with Crippen LogP contribution in [-0.2, 0) is 25.8 Å². The van der Waals surface area contributed by atoms with Crippen molar-refractivity contribution in [1.29, 1.82) is 0 Å². The van der Waals surface area contributed by atoms with Gasteiger partial charge >= 0.3 is 0 Å². The topological polar surface area (TPSA) is 75.2 Å². The van der Waals surface area contributed by atoms with E-state index in [4.69, 9.17) is 23.2 Å². The van der Waals surface area contributed by atoms with E-state index in [9.17, 15) is 0 Å². The lowest BCUT2D eigenvalue weighted by molar-refractivity contribution is 0.593. The Balaban J connectivity index is 1.43. The molecule has 0 spiro atoms. The van der Waals surface area contributed by atoms with Crippen LogP contribution in [0.15, 0.2) is 61.2 Å². The number of hydrogen-bond donors (Lipinski definition) is 2. The number of aromatic amines is 2. The normalized spacial score (nSPS) is 11.4. The van der Waals surface area contributed by atoms with Crippen LogP contribution < -0.4 is 0 Å². The second kappa shape index (κ2) is 9.18. The van der Waals surface area contributed by atoms with E-state index >= 15 is 0 Å². The number of nitrogens with one attached hydrogen (secondary N) is 2. The number of benzene rings is 2. The van der Waals surface area contributed by atoms with E-state index in [1.165, 1.54) is 10.9 Å². The zero-order valence-corrected chi connectivity index (χ0v) is 18.9. The summed E-state index contributed by atoms with van der Waals surface area (Å²) in [5.41, 5.74) is 4.48. The van der Waals surface area contributed by atoms with Crippen molar-refractivity contribution in [3.63, 3.8) is 0 Å². The number of para-hydroxylation sites is 1. The lowest BCUT2D eigenvalue weighted by atomic mass is 10.1. The van der Waals surface area contributed by atoms with Crippen molar-refractivity contribution in [2.75, 3.05) is 0 Å². The smallest absolute Gasteiger partial charge is 0.137 e. The van der Waals surface area contributed by atoms with Crippen molar-refractivity contribution in [2.24, 2.45) is 0 Å². The molecule has 3 heterocycles. The molecule has 2 N–H and O–H groups in total. The van der Waals surface area contributed by atoms with Crippen LogP contribution >= 0.6 is 23.2 Å². The van der Waals surface area contributed by atoms with E-state index in [0.29, 0.717) is 22.9 Å². The zero-order chi connectivity index (χ0) is 21.9. The zero-order valence-electron chi connectivity index (χ0n) is 17.4. The molecule has 0 aliphatic heterocycles. The second-order valence-corrected chi connectivity index (χ2v) is 8.73. The highest BCUT2D eigenvalue weighted by atomic mass is 35.5. The van der Waals surface area contributed by atoms with Gasteiger partial charge in [0.2, 0.25) is 0 Å². The van der Waals surface area contributed by atoms with Crippen molar-refractivity contribution in [3.8, 4) is 0 Å². The minimum Gasteiger partial charge on any atom is -0.361 e. The standard InChI is InChI=1S/C24H22Cl2N6/c25-18-8-16(9-19(26)12-18)10-23-30-31-24(32(23)7-3-4-20-14-27-15-29-20)11-17-13-28-22-6-2-1-5-21(17)22/h1-2,5-6,8-9,12-15,28H,3-4,7,10-11H2,(H,27,29). The number of aryl methyl sites for hydroxylation is 1. The monoisotopic (exact) mass is 464 g/mol. The van der Waals surface area contributed by atoms with Gasteiger partial charge in [0, 0.05) is 58.4 Å². The number of rotatable bonds is 8. The van der Waals surface area contributed by atoms with E-state index in [2.05, 4.69) is 54.1 Å². The first-order chi connectivity index (χ1) is 15.7. The van der Waals surface area contributed by atoms with Crippen LogP contribution in [0.2, 0.25) is 10.0 Å². The summed E-state index contributed by atoms with van der Waals surface area (Å²) < 4.78 is 2.23. The van der Waals surface area contributed by atoms with Crippen LogP contribution in [0, 0.1) is 0 Å². The summed E-state index contributed by atoms with van der Waals surface area (Å²) in [6.07, 6.45) is 8.82. The maximum atomic E-state index is 6.21. The molecule has 0 radical (unpaired) electrons. The quantitative estimate of drug-likeness (QED) is 0.313. The Kier molecular flexibility index (Phi) is 5.97. The highest BCUT2D eigenvalue weighted by Gasteiger charge is 2.15. The third kappa shape index (κ3) is 4.56. The summed E-state index contributed by atoms with van der Waals surface area (Å²) in [4.78, 5) is 10.6. The van der Waals surface area contributed by atoms with Crippen LogP contribution in [0.5, 0.6) is 0 Å². The molecule has 0 amide bonds. The molecule has 0 saturated carbocycles. The van der Waals surface area contributed by atoms with Crippen molar-refractivity contribution < 1.29 is 0 Å². The number of halogens is 2. The van der Waals surface area contributed by atoms with Crippen molar-refractivity contribution in [3.05, 3.63) is 99.7 Å². The number of hydrogen-bond acceptors (Lipinski definition) is 3. The van der Waals surface area contributed by atoms with E-state index in [-0.39, 0.29) is 0 Å². The molecule has 0 aliphatic carbocycles. The Morgan fingerprint density at radius 1 is 0.906 bits per heavy atom. The predicted molar refractivity (Wildman–Crippen MR) is 127 cm³/mol. The SMILES string of the molecule is Clc1cc(Cl)cc(Cc2nnc(Cc3c[nH]c4ccccc34)n2CCCc2cnc[nH]2)c1. The van der Waals surface area contributed by atoms with Gasteiger partial charge in [0.1, 0.15) is 11.6 Å². The van der Waals surface area contributed by atoms with Gasteiger partial charge in [0.15, 0.2) is 0 Å². The van der Waals surface area contributed by atoms with Gasteiger partial charge < -0.3 is 14.5 Å². The van der Waals surface area contributed by atoms with E-state index in [0.717, 1.165) is 47.8 Å². The minimum absolute atomic E-state index is 0.616. The third-order valence-electron chi connectivity index (χ3n) is 5.59. The average Bonchev–Trinajstić information content (AvgIpc) is 3.50. The first-order valence-corrected chi connectivity index (χ1v) is 11.3. The minimum atomic E-state index is 0.616. The molecule has 0 fully saturated rings. The fourth-order valence-corrected chi connectivity index (χ4v) is 4.66. The molecule has 162 valence electrons. The average molecular weight is 465 g/mol. The maximum absolute atomic E-state index is 6.21. The van der Waals surface area contributed by atoms with Crippen LogP contribution in [-0.4, -0.2) is 29.7 Å². The largest absolute Gasteiger partial charge is 0.361 e. The Morgan fingerprint density at radius 3 is 2.47 bits per heavy atom. The van der Waals surface area contributed by atoms with E-state index < -0.39 is 0 Å². The van der Waals surface area contributed by atoms with Crippen LogP contribution in [0.1, 0.15) is 34.9 Å². The van der Waals surface area contributed by atoms with Gasteiger partial charge in [-0.25, -0.2) is 4.98 Å². The summed E-state index contributed by atoms with van der Waals surface area (Å²) in [6, 6.07) is 13.9. The van der Waals surface area contributed by atoms with Gasteiger partial charge in [0.05, 0.1) is 6.33 Å². The van der Waals surface area contributed by atoms with Gasteiger partial charge in [-0.05, 0) is 48.2 Å². The van der Waals surface area contributed by atoms with Gasteiger partial charge in [-0.2, -0.15) is 0 Å². The Labute approximate surface area is 195 Å². The van der Waals surface area contributed by atoms with Gasteiger partial charge in [-0.1, -0.05) is 41.4 Å². The van der Waals surface area contributed by atoms with E-state index in [1.807, 2.05) is 24.4 Å². The number of fused-ring (bicyclic) bond motifs is 1. The Hall–Kier alpha value is -3.09. The summed E-state index contributed by atoms with van der Waals surface area (Å²) in [5, 5.41) is 11.6. The lowest BCUT2D eigenvalue weighted by Crippen LogP contribution is -2.10. The van der Waals surface area contributed by atoms with Crippen molar-refractivity contribution in [1.82, 2.24) is 29.7 Å². The summed E-state index contributed by atoms with van der Waals surface area (Å²) in [7, 11) is 0. The van der Waals surface area contributed by atoms with Crippen molar-refractivity contribution >= 4 is 34.1 Å². The third-order valence-corrected chi connectivity index (χ3v) is 6.03. The predicted octanol–water partition coefficient (Wildman–Crippen LogP) is 5.60. The molecular weight excluding hydrogens is 443 g/mol. The molecule has 0 unspecified atom stereocenters. The molecule has 0 bridgehead atoms. The maximum Gasteiger partial charge on any atom is 0.137 e. The van der Waals surface area contributed by atoms with E-state index in [1.54, 1.807) is 12.4 Å². The molecule has 5 aromatic rings. The Morgan fingerprint density at radius 2 is 1.69 bits per heavy atom. The Bertz CT molecular complexity index is 1320. The molecule has 5 rings (SSSR count). The molecule has 0 aliphatic rings. The summed E-state index contributed by atoms with van der Waals surface area (Å²) in [5.74, 6) is 1.85. The highest BCUT2D eigenvalue weighted by Crippen LogP contribution is 2.23. The van der Waals surface area contributed by atoms with Gasteiger partial charge in [-0.3, -0.25) is 0 Å². The van der Waals surface area contributed by atoms with Crippen LogP contribution in [0.4, 0.5) is 0 Å². The van der Waals surface area contributed by atoms with Crippen LogP contribution in [0.25, 0.3) is 10.9 Å². The molecule has 3 aromatic heterocycles.